The molecule has 2 saturated heterocycles. The molecule has 1 aromatic carbocycles. The average molecular weight is 354 g/mol. The highest BCUT2D eigenvalue weighted by Crippen LogP contribution is 2.26. The standard InChI is InChI=1S/C17H23N3O3.ClH/c1-12-9-15(17(22)20(12)14-5-3-2-4-6-14)19-16(21)10-13-11-23-8-7-18-13;/h2-6,12-13,15,18H,7-11H2,1H3,(H,19,21);1H. The van der Waals surface area contributed by atoms with Gasteiger partial charge in [-0.1, -0.05) is 18.2 Å². The Morgan fingerprint density at radius 2 is 2.12 bits per heavy atom. The molecule has 0 bridgehead atoms. The number of benzene rings is 1. The largest absolute Gasteiger partial charge is 0.378 e. The van der Waals surface area contributed by atoms with Crippen LogP contribution in [-0.2, 0) is 14.3 Å². The first kappa shape index (κ1) is 18.7. The van der Waals surface area contributed by atoms with Gasteiger partial charge in [-0.25, -0.2) is 0 Å². The minimum atomic E-state index is -0.442. The summed E-state index contributed by atoms with van der Waals surface area (Å²) in [6.07, 6.45) is 0.970. The summed E-state index contributed by atoms with van der Waals surface area (Å²) in [5.41, 5.74) is 0.879. The maximum atomic E-state index is 12.6. The van der Waals surface area contributed by atoms with E-state index in [9.17, 15) is 9.59 Å². The van der Waals surface area contributed by atoms with E-state index in [1.165, 1.54) is 0 Å². The summed E-state index contributed by atoms with van der Waals surface area (Å²) in [7, 11) is 0. The highest BCUT2D eigenvalue weighted by atomic mass is 35.5. The predicted molar refractivity (Wildman–Crippen MR) is 94.4 cm³/mol. The first-order chi connectivity index (χ1) is 11.1. The van der Waals surface area contributed by atoms with Crippen molar-refractivity contribution in [1.82, 2.24) is 10.6 Å². The number of amides is 2. The van der Waals surface area contributed by atoms with Crippen molar-refractivity contribution in [2.75, 3.05) is 24.7 Å². The van der Waals surface area contributed by atoms with Crippen LogP contribution >= 0.6 is 12.4 Å². The maximum Gasteiger partial charge on any atom is 0.249 e. The number of nitrogens with zero attached hydrogens (tertiary/aromatic N) is 1. The van der Waals surface area contributed by atoms with Crippen LogP contribution in [0.5, 0.6) is 0 Å². The maximum absolute atomic E-state index is 12.6. The Bertz CT molecular complexity index is 563. The van der Waals surface area contributed by atoms with Gasteiger partial charge in [0.1, 0.15) is 6.04 Å². The molecule has 0 spiro atoms. The van der Waals surface area contributed by atoms with Crippen LogP contribution in [0.2, 0.25) is 0 Å². The molecule has 3 unspecified atom stereocenters. The Hall–Kier alpha value is -1.63. The lowest BCUT2D eigenvalue weighted by Crippen LogP contribution is -2.47. The summed E-state index contributed by atoms with van der Waals surface area (Å²) >= 11 is 0. The van der Waals surface area contributed by atoms with Crippen molar-refractivity contribution >= 4 is 29.9 Å². The fourth-order valence-corrected chi connectivity index (χ4v) is 3.25. The lowest BCUT2D eigenvalue weighted by Gasteiger charge is -2.24. The second kappa shape index (κ2) is 8.46. The highest BCUT2D eigenvalue weighted by Gasteiger charge is 2.38. The van der Waals surface area contributed by atoms with E-state index in [0.717, 1.165) is 12.2 Å². The summed E-state index contributed by atoms with van der Waals surface area (Å²) in [5.74, 6) is -0.140. The first-order valence-electron chi connectivity index (χ1n) is 8.14. The van der Waals surface area contributed by atoms with Gasteiger partial charge in [0.25, 0.3) is 0 Å². The lowest BCUT2D eigenvalue weighted by molar-refractivity contribution is -0.127. The number of anilines is 1. The second-order valence-electron chi connectivity index (χ2n) is 6.18. The number of carbonyl (C=O) groups excluding carboxylic acids is 2. The summed E-state index contributed by atoms with van der Waals surface area (Å²) in [5, 5.41) is 6.13. The van der Waals surface area contributed by atoms with Crippen LogP contribution in [0.3, 0.4) is 0 Å². The number of para-hydroxylation sites is 1. The third-order valence-electron chi connectivity index (χ3n) is 4.35. The number of ether oxygens (including phenoxy) is 1. The molecule has 1 aromatic rings. The second-order valence-corrected chi connectivity index (χ2v) is 6.18. The van der Waals surface area contributed by atoms with E-state index in [-0.39, 0.29) is 36.3 Å². The van der Waals surface area contributed by atoms with Crippen molar-refractivity contribution in [2.24, 2.45) is 0 Å². The van der Waals surface area contributed by atoms with Gasteiger partial charge < -0.3 is 20.3 Å². The number of carbonyl (C=O) groups is 2. The third-order valence-corrected chi connectivity index (χ3v) is 4.35. The average Bonchev–Trinajstić information content (AvgIpc) is 2.83. The van der Waals surface area contributed by atoms with Gasteiger partial charge in [0, 0.05) is 30.7 Å². The number of hydrogen-bond donors (Lipinski definition) is 2. The van der Waals surface area contributed by atoms with E-state index < -0.39 is 6.04 Å². The first-order valence-corrected chi connectivity index (χ1v) is 8.14. The Kier molecular flexibility index (Phi) is 6.60. The van der Waals surface area contributed by atoms with Gasteiger partial charge in [0.2, 0.25) is 11.8 Å². The van der Waals surface area contributed by atoms with Crippen LogP contribution < -0.4 is 15.5 Å². The van der Waals surface area contributed by atoms with Crippen LogP contribution in [0.1, 0.15) is 19.8 Å². The van der Waals surface area contributed by atoms with E-state index in [0.29, 0.717) is 26.1 Å². The van der Waals surface area contributed by atoms with Crippen LogP contribution in [0.25, 0.3) is 0 Å². The van der Waals surface area contributed by atoms with Crippen molar-refractivity contribution < 1.29 is 14.3 Å². The molecule has 2 amide bonds. The van der Waals surface area contributed by atoms with Gasteiger partial charge in [-0.3, -0.25) is 9.59 Å². The fourth-order valence-electron chi connectivity index (χ4n) is 3.25. The van der Waals surface area contributed by atoms with Crippen molar-refractivity contribution in [2.45, 2.75) is 37.9 Å². The summed E-state index contributed by atoms with van der Waals surface area (Å²) in [4.78, 5) is 26.6. The van der Waals surface area contributed by atoms with E-state index in [1.54, 1.807) is 4.90 Å². The van der Waals surface area contributed by atoms with Crippen LogP contribution in [0.15, 0.2) is 30.3 Å². The van der Waals surface area contributed by atoms with E-state index in [2.05, 4.69) is 10.6 Å². The number of nitrogens with one attached hydrogen (secondary N) is 2. The van der Waals surface area contributed by atoms with Crippen molar-refractivity contribution in [3.8, 4) is 0 Å². The molecule has 0 saturated carbocycles. The summed E-state index contributed by atoms with van der Waals surface area (Å²) < 4.78 is 5.35. The zero-order valence-electron chi connectivity index (χ0n) is 13.7. The molecule has 3 atom stereocenters. The molecule has 6 nitrogen and oxygen atoms in total. The molecule has 2 aliphatic rings. The molecule has 7 heteroatoms. The number of rotatable bonds is 4. The summed E-state index contributed by atoms with van der Waals surface area (Å²) in [6.45, 7) is 3.99. The van der Waals surface area contributed by atoms with Crippen LogP contribution in [0, 0.1) is 0 Å². The molecule has 3 rings (SSSR count). The highest BCUT2D eigenvalue weighted by molar-refractivity contribution is 6.02. The molecule has 0 radical (unpaired) electrons. The molecule has 2 heterocycles. The molecule has 2 aliphatic heterocycles. The third kappa shape index (κ3) is 4.26. The molecular weight excluding hydrogens is 330 g/mol. The van der Waals surface area contributed by atoms with Crippen molar-refractivity contribution in [3.63, 3.8) is 0 Å². The quantitative estimate of drug-likeness (QED) is 0.850. The van der Waals surface area contributed by atoms with Crippen molar-refractivity contribution in [1.29, 1.82) is 0 Å². The zero-order chi connectivity index (χ0) is 16.2. The van der Waals surface area contributed by atoms with Crippen LogP contribution in [0.4, 0.5) is 5.69 Å². The normalized spacial score (nSPS) is 26.8. The summed E-state index contributed by atoms with van der Waals surface area (Å²) in [6, 6.07) is 9.25. The number of hydrogen-bond acceptors (Lipinski definition) is 4. The Morgan fingerprint density at radius 3 is 2.79 bits per heavy atom. The Labute approximate surface area is 148 Å². The molecule has 2 N–H and O–H groups in total. The smallest absolute Gasteiger partial charge is 0.249 e. The Balaban J connectivity index is 0.00000208. The van der Waals surface area contributed by atoms with Gasteiger partial charge in [-0.05, 0) is 25.5 Å². The Morgan fingerprint density at radius 1 is 1.38 bits per heavy atom. The van der Waals surface area contributed by atoms with E-state index >= 15 is 0 Å². The molecule has 2 fully saturated rings. The molecular formula is C17H24ClN3O3. The van der Waals surface area contributed by atoms with Gasteiger partial charge in [-0.2, -0.15) is 0 Å². The van der Waals surface area contributed by atoms with E-state index in [4.69, 9.17) is 4.74 Å². The zero-order valence-corrected chi connectivity index (χ0v) is 14.6. The monoisotopic (exact) mass is 353 g/mol. The number of halogens is 1. The minimum Gasteiger partial charge on any atom is -0.378 e. The minimum absolute atomic E-state index is 0. The molecule has 24 heavy (non-hydrogen) atoms. The predicted octanol–water partition coefficient (Wildman–Crippen LogP) is 1.10. The van der Waals surface area contributed by atoms with Gasteiger partial charge in [0.05, 0.1) is 13.2 Å². The lowest BCUT2D eigenvalue weighted by atomic mass is 10.1. The SMILES string of the molecule is CC1CC(NC(=O)CC2COCCN2)C(=O)N1c1ccccc1.Cl. The molecule has 0 aromatic heterocycles. The van der Waals surface area contributed by atoms with Gasteiger partial charge >= 0.3 is 0 Å². The van der Waals surface area contributed by atoms with E-state index in [1.807, 2.05) is 37.3 Å². The molecule has 0 aliphatic carbocycles. The van der Waals surface area contributed by atoms with Gasteiger partial charge in [0.15, 0.2) is 0 Å². The van der Waals surface area contributed by atoms with Gasteiger partial charge in [-0.15, -0.1) is 12.4 Å². The number of morpholine rings is 1. The fraction of sp³-hybridized carbons (Fsp3) is 0.529. The topological polar surface area (TPSA) is 70.7 Å². The molecule has 132 valence electrons. The van der Waals surface area contributed by atoms with Crippen molar-refractivity contribution in [3.05, 3.63) is 30.3 Å². The van der Waals surface area contributed by atoms with Crippen LogP contribution in [-0.4, -0.2) is 49.7 Å².